The molecule has 4 aliphatic carbocycles. The smallest absolute Gasteiger partial charge is 0.327 e. The number of carbonyl (C=O) groups excluding carboxylic acids is 1. The van der Waals surface area contributed by atoms with Gasteiger partial charge >= 0.3 is 5.97 Å². The van der Waals surface area contributed by atoms with Gasteiger partial charge in [-0.25, -0.2) is 4.79 Å². The number of carboxylic acid groups (broad SMARTS) is 1. The molecule has 4 aliphatic rings. The first kappa shape index (κ1) is 15.2. The first-order valence-electron chi connectivity index (χ1n) is 8.10. The molecule has 0 aromatic heterocycles. The highest BCUT2D eigenvalue weighted by Gasteiger charge is 2.50. The topological polar surface area (TPSA) is 66.4 Å². The zero-order chi connectivity index (χ0) is 14.9. The van der Waals surface area contributed by atoms with Gasteiger partial charge in [-0.1, -0.05) is 0 Å². The molecule has 21 heavy (non-hydrogen) atoms. The van der Waals surface area contributed by atoms with Crippen LogP contribution in [0.5, 0.6) is 0 Å². The molecule has 0 aliphatic heterocycles. The Labute approximate surface area is 130 Å². The predicted octanol–water partition coefficient (Wildman–Crippen LogP) is 2.53. The zero-order valence-corrected chi connectivity index (χ0v) is 13.2. The van der Waals surface area contributed by atoms with E-state index in [9.17, 15) is 9.59 Å². The molecule has 0 spiro atoms. The Kier molecular flexibility index (Phi) is 4.48. The van der Waals surface area contributed by atoms with Gasteiger partial charge in [-0.05, 0) is 73.9 Å². The quantitative estimate of drug-likeness (QED) is 0.534. The Hall–Kier alpha value is -0.710. The minimum Gasteiger partial charge on any atom is -0.480 e. The van der Waals surface area contributed by atoms with Gasteiger partial charge in [0.25, 0.3) is 0 Å². The predicted molar refractivity (Wildman–Crippen MR) is 83.2 cm³/mol. The van der Waals surface area contributed by atoms with E-state index in [1.807, 2.05) is 0 Å². The molecule has 4 rings (SSSR count). The fourth-order valence-electron chi connectivity index (χ4n) is 5.36. The van der Waals surface area contributed by atoms with E-state index >= 15 is 0 Å². The maximum Gasteiger partial charge on any atom is 0.327 e. The van der Waals surface area contributed by atoms with Gasteiger partial charge in [-0.2, -0.15) is 11.8 Å². The average molecular weight is 311 g/mol. The van der Waals surface area contributed by atoms with Crippen molar-refractivity contribution >= 4 is 24.1 Å². The van der Waals surface area contributed by atoms with E-state index in [2.05, 4.69) is 5.32 Å². The summed E-state index contributed by atoms with van der Waals surface area (Å²) in [6.07, 6.45) is 10.4. The minimum atomic E-state index is -0.940. The van der Waals surface area contributed by atoms with Gasteiger partial charge in [0.2, 0.25) is 6.41 Å². The SMILES string of the molecule is O=CNC(CSCCC12CC3CC(CC(C3)C1)C2)C(=O)O. The van der Waals surface area contributed by atoms with Crippen LogP contribution in [0.1, 0.15) is 44.9 Å². The molecule has 0 aromatic rings. The Bertz CT molecular complexity index is 377. The molecular weight excluding hydrogens is 286 g/mol. The Morgan fingerprint density at radius 1 is 1.24 bits per heavy atom. The van der Waals surface area contributed by atoms with Gasteiger partial charge in [0.15, 0.2) is 0 Å². The monoisotopic (exact) mass is 311 g/mol. The van der Waals surface area contributed by atoms with E-state index in [1.165, 1.54) is 44.9 Å². The number of hydrogen-bond acceptors (Lipinski definition) is 3. The summed E-state index contributed by atoms with van der Waals surface area (Å²) in [5.74, 6) is 3.49. The molecule has 0 heterocycles. The summed E-state index contributed by atoms with van der Waals surface area (Å²) in [7, 11) is 0. The summed E-state index contributed by atoms with van der Waals surface area (Å²) in [6, 6.07) is -0.746. The van der Waals surface area contributed by atoms with Crippen molar-refractivity contribution in [1.29, 1.82) is 0 Å². The molecule has 4 fully saturated rings. The summed E-state index contributed by atoms with van der Waals surface area (Å²) in [5.41, 5.74) is 0.568. The molecule has 1 unspecified atom stereocenters. The van der Waals surface area contributed by atoms with Gasteiger partial charge in [-0.3, -0.25) is 4.79 Å². The van der Waals surface area contributed by atoms with E-state index in [-0.39, 0.29) is 0 Å². The number of rotatable bonds is 8. The van der Waals surface area contributed by atoms with Gasteiger partial charge in [-0.15, -0.1) is 0 Å². The number of carboxylic acids is 1. The fraction of sp³-hybridized carbons (Fsp3) is 0.875. The average Bonchev–Trinajstić information content (AvgIpc) is 2.40. The maximum absolute atomic E-state index is 11.0. The molecule has 0 aromatic carbocycles. The zero-order valence-electron chi connectivity index (χ0n) is 12.4. The summed E-state index contributed by atoms with van der Waals surface area (Å²) in [6.45, 7) is 0. The van der Waals surface area contributed by atoms with Crippen molar-refractivity contribution in [1.82, 2.24) is 5.32 Å². The molecule has 5 heteroatoms. The highest BCUT2D eigenvalue weighted by Crippen LogP contribution is 2.61. The van der Waals surface area contributed by atoms with Crippen LogP contribution in [0, 0.1) is 23.2 Å². The van der Waals surface area contributed by atoms with E-state index in [0.29, 0.717) is 17.6 Å². The number of carbonyl (C=O) groups is 2. The highest BCUT2D eigenvalue weighted by atomic mass is 32.2. The van der Waals surface area contributed by atoms with E-state index in [1.54, 1.807) is 11.8 Å². The van der Waals surface area contributed by atoms with Crippen LogP contribution in [0.2, 0.25) is 0 Å². The molecule has 2 N–H and O–H groups in total. The maximum atomic E-state index is 11.0. The summed E-state index contributed by atoms with van der Waals surface area (Å²) < 4.78 is 0. The van der Waals surface area contributed by atoms with E-state index in [4.69, 9.17) is 5.11 Å². The van der Waals surface area contributed by atoms with Crippen LogP contribution in [0.4, 0.5) is 0 Å². The molecule has 0 radical (unpaired) electrons. The molecule has 118 valence electrons. The molecule has 4 saturated carbocycles. The van der Waals surface area contributed by atoms with Crippen LogP contribution in [0.25, 0.3) is 0 Å². The lowest BCUT2D eigenvalue weighted by atomic mass is 9.49. The first-order valence-corrected chi connectivity index (χ1v) is 9.26. The number of nitrogens with one attached hydrogen (secondary N) is 1. The van der Waals surface area contributed by atoms with E-state index < -0.39 is 12.0 Å². The highest BCUT2D eigenvalue weighted by molar-refractivity contribution is 7.99. The van der Waals surface area contributed by atoms with Crippen LogP contribution in [-0.4, -0.2) is 35.0 Å². The van der Waals surface area contributed by atoms with Crippen molar-refractivity contribution in [3.05, 3.63) is 0 Å². The standard InChI is InChI=1S/C16H25NO3S/c18-10-17-14(15(19)20)9-21-2-1-16-6-11-3-12(7-16)5-13(4-11)8-16/h10-14H,1-9H2,(H,17,18)(H,19,20). The molecule has 4 bridgehead atoms. The molecular formula is C16H25NO3S. The van der Waals surface area contributed by atoms with Crippen molar-refractivity contribution in [2.45, 2.75) is 51.0 Å². The van der Waals surface area contributed by atoms with Crippen LogP contribution in [0.3, 0.4) is 0 Å². The lowest BCUT2D eigenvalue weighted by Gasteiger charge is -2.57. The van der Waals surface area contributed by atoms with Crippen molar-refractivity contribution < 1.29 is 14.7 Å². The second-order valence-electron chi connectivity index (χ2n) is 7.42. The van der Waals surface area contributed by atoms with Crippen LogP contribution in [0.15, 0.2) is 0 Å². The third kappa shape index (κ3) is 3.38. The van der Waals surface area contributed by atoms with Crippen molar-refractivity contribution in [2.75, 3.05) is 11.5 Å². The number of thioether (sulfide) groups is 1. The minimum absolute atomic E-state index is 0.473. The Balaban J connectivity index is 1.45. The molecule has 0 saturated heterocycles. The second-order valence-corrected chi connectivity index (χ2v) is 8.57. The van der Waals surface area contributed by atoms with Crippen LogP contribution >= 0.6 is 11.8 Å². The molecule has 4 nitrogen and oxygen atoms in total. The van der Waals surface area contributed by atoms with E-state index in [0.717, 1.165) is 23.5 Å². The molecule has 1 atom stereocenters. The lowest BCUT2D eigenvalue weighted by Crippen LogP contribution is -2.46. The van der Waals surface area contributed by atoms with Gasteiger partial charge in [0.1, 0.15) is 6.04 Å². The molecule has 1 amide bonds. The normalized spacial score (nSPS) is 38.2. The Morgan fingerprint density at radius 3 is 2.29 bits per heavy atom. The third-order valence-corrected chi connectivity index (χ3v) is 6.86. The lowest BCUT2D eigenvalue weighted by molar-refractivity contribution is -0.139. The second kappa shape index (κ2) is 6.19. The summed E-state index contributed by atoms with van der Waals surface area (Å²) in [5, 5.41) is 11.4. The number of amides is 1. The largest absolute Gasteiger partial charge is 0.480 e. The van der Waals surface area contributed by atoms with Gasteiger partial charge in [0, 0.05) is 5.75 Å². The first-order chi connectivity index (χ1) is 10.1. The van der Waals surface area contributed by atoms with Crippen LogP contribution < -0.4 is 5.32 Å². The van der Waals surface area contributed by atoms with Crippen molar-refractivity contribution in [2.24, 2.45) is 23.2 Å². The third-order valence-electron chi connectivity index (χ3n) is 5.79. The van der Waals surface area contributed by atoms with Gasteiger partial charge < -0.3 is 10.4 Å². The summed E-state index contributed by atoms with van der Waals surface area (Å²) in [4.78, 5) is 21.4. The van der Waals surface area contributed by atoms with Crippen LogP contribution in [-0.2, 0) is 9.59 Å². The van der Waals surface area contributed by atoms with Gasteiger partial charge in [0.05, 0.1) is 0 Å². The fourth-order valence-corrected chi connectivity index (χ4v) is 6.58. The summed E-state index contributed by atoms with van der Waals surface area (Å²) >= 11 is 1.68. The van der Waals surface area contributed by atoms with Crippen molar-refractivity contribution in [3.63, 3.8) is 0 Å². The number of hydrogen-bond donors (Lipinski definition) is 2. The number of aliphatic carboxylic acids is 1. The Morgan fingerprint density at radius 2 is 1.81 bits per heavy atom. The van der Waals surface area contributed by atoms with Crippen molar-refractivity contribution in [3.8, 4) is 0 Å².